The Kier molecular flexibility index (Phi) is 7.16. The second kappa shape index (κ2) is 9.51. The number of hydrogen-bond acceptors (Lipinski definition) is 4. The maximum Gasteiger partial charge on any atom is 0.134 e. The Bertz CT molecular complexity index is 1170. The Morgan fingerprint density at radius 1 is 0.688 bits per heavy atom. The van der Waals surface area contributed by atoms with Gasteiger partial charge in [-0.25, -0.2) is 0 Å². The lowest BCUT2D eigenvalue weighted by atomic mass is 9.86. The number of aryl methyl sites for hydroxylation is 2. The van der Waals surface area contributed by atoms with Crippen LogP contribution in [0.1, 0.15) is 76.0 Å². The molecule has 0 saturated heterocycles. The normalized spacial score (nSPS) is 12.2. The number of hydrogen-bond donors (Lipinski definition) is 2. The van der Waals surface area contributed by atoms with E-state index in [4.69, 9.17) is 8.83 Å². The minimum Gasteiger partial charge on any atom is -0.461 e. The van der Waals surface area contributed by atoms with Crippen LogP contribution in [-0.2, 0) is 11.2 Å². The van der Waals surface area contributed by atoms with Gasteiger partial charge in [0.2, 0.25) is 0 Å². The van der Waals surface area contributed by atoms with Crippen molar-refractivity contribution in [2.75, 3.05) is 0 Å². The first-order valence-electron chi connectivity index (χ1n) is 11.6. The van der Waals surface area contributed by atoms with Crippen molar-refractivity contribution in [2.24, 2.45) is 0 Å². The fourth-order valence-electron chi connectivity index (χ4n) is 4.34. The van der Waals surface area contributed by atoms with E-state index in [2.05, 4.69) is 0 Å². The number of benzene rings is 2. The molecule has 0 saturated carbocycles. The number of aliphatic hydroxyl groups is 2. The second-order valence-electron chi connectivity index (χ2n) is 8.66. The molecule has 0 fully saturated rings. The van der Waals surface area contributed by atoms with Gasteiger partial charge >= 0.3 is 0 Å². The largest absolute Gasteiger partial charge is 0.461 e. The van der Waals surface area contributed by atoms with Gasteiger partial charge in [0, 0.05) is 10.8 Å². The van der Waals surface area contributed by atoms with Crippen molar-refractivity contribution >= 4 is 21.9 Å². The summed E-state index contributed by atoms with van der Waals surface area (Å²) in [6, 6.07) is 15.8. The second-order valence-corrected chi connectivity index (χ2v) is 8.66. The summed E-state index contributed by atoms with van der Waals surface area (Å²) in [5, 5.41) is 23.1. The van der Waals surface area contributed by atoms with E-state index in [1.807, 2.05) is 90.1 Å². The maximum absolute atomic E-state index is 10.6. The highest BCUT2D eigenvalue weighted by molar-refractivity contribution is 5.82. The average molecular weight is 437 g/mol. The molecule has 4 rings (SSSR count). The lowest BCUT2D eigenvalue weighted by Crippen LogP contribution is -2.23. The molecule has 0 aliphatic rings. The van der Waals surface area contributed by atoms with Crippen molar-refractivity contribution in [3.8, 4) is 0 Å². The molecule has 0 unspecified atom stereocenters. The Balaban J connectivity index is 0.000000181. The van der Waals surface area contributed by atoms with Crippen LogP contribution < -0.4 is 0 Å². The molecule has 4 aromatic rings. The first kappa shape index (κ1) is 24.1. The predicted octanol–water partition coefficient (Wildman–Crippen LogP) is 7.50. The highest BCUT2D eigenvalue weighted by Crippen LogP contribution is 2.35. The summed E-state index contributed by atoms with van der Waals surface area (Å²) in [5.41, 5.74) is 2.17. The molecule has 0 atom stereocenters. The van der Waals surface area contributed by atoms with Gasteiger partial charge < -0.3 is 19.0 Å². The summed E-state index contributed by atoms with van der Waals surface area (Å²) < 4.78 is 11.2. The molecule has 0 bridgehead atoms. The molecule has 0 amide bonds. The maximum atomic E-state index is 10.6. The van der Waals surface area contributed by atoms with Gasteiger partial charge in [-0.3, -0.25) is 0 Å². The molecule has 172 valence electrons. The topological polar surface area (TPSA) is 66.7 Å². The quantitative estimate of drug-likeness (QED) is 0.328. The Labute approximate surface area is 190 Å². The monoisotopic (exact) mass is 436 g/mol. The van der Waals surface area contributed by atoms with Crippen LogP contribution in [0, 0.1) is 13.8 Å². The standard InChI is InChI=1S/2C14H18O2/c1-4-14(15,5-2)12-7-6-11-8-10(3)16-13(11)9-12;1-4-14(15,5-2)12-7-6-8-13-11(12)9-10(3)16-13/h2*6-9,15H,4-5H2,1-3H3. The van der Waals surface area contributed by atoms with E-state index in [1.165, 1.54) is 0 Å². The van der Waals surface area contributed by atoms with E-state index >= 15 is 0 Å². The smallest absolute Gasteiger partial charge is 0.134 e. The van der Waals surface area contributed by atoms with Crippen LogP contribution in [0.3, 0.4) is 0 Å². The van der Waals surface area contributed by atoms with Crippen LogP contribution in [0.4, 0.5) is 0 Å². The van der Waals surface area contributed by atoms with Gasteiger partial charge in [-0.1, -0.05) is 52.0 Å². The van der Waals surface area contributed by atoms with E-state index < -0.39 is 11.2 Å². The number of fused-ring (bicyclic) bond motifs is 2. The van der Waals surface area contributed by atoms with Crippen LogP contribution in [0.25, 0.3) is 21.9 Å². The van der Waals surface area contributed by atoms with Gasteiger partial charge in [-0.15, -0.1) is 0 Å². The summed E-state index contributed by atoms with van der Waals surface area (Å²) in [7, 11) is 0. The molecule has 2 heterocycles. The van der Waals surface area contributed by atoms with Crippen LogP contribution in [0.2, 0.25) is 0 Å². The van der Waals surface area contributed by atoms with Gasteiger partial charge in [0.25, 0.3) is 0 Å². The number of rotatable bonds is 6. The molecule has 0 spiro atoms. The summed E-state index contributed by atoms with van der Waals surface area (Å²) in [4.78, 5) is 0. The molecule has 32 heavy (non-hydrogen) atoms. The molecule has 2 aromatic carbocycles. The zero-order valence-corrected chi connectivity index (χ0v) is 20.2. The SMILES string of the molecule is CCC(O)(CC)c1ccc2cc(C)oc2c1.CCC(O)(CC)c1cccc2oc(C)cc12. The molecule has 2 N–H and O–H groups in total. The molecular weight excluding hydrogens is 400 g/mol. The van der Waals surface area contributed by atoms with E-state index in [9.17, 15) is 10.2 Å². The number of furan rings is 2. The van der Waals surface area contributed by atoms with Crippen LogP contribution in [0.15, 0.2) is 57.4 Å². The molecule has 0 aliphatic heterocycles. The van der Waals surface area contributed by atoms with Crippen molar-refractivity contribution in [1.82, 2.24) is 0 Å². The highest BCUT2D eigenvalue weighted by Gasteiger charge is 2.27. The van der Waals surface area contributed by atoms with E-state index in [-0.39, 0.29) is 0 Å². The molecule has 2 aromatic heterocycles. The average Bonchev–Trinajstić information content (AvgIpc) is 3.37. The molecular formula is C28H36O4. The van der Waals surface area contributed by atoms with E-state index in [0.717, 1.165) is 44.6 Å². The van der Waals surface area contributed by atoms with Crippen molar-refractivity contribution in [3.63, 3.8) is 0 Å². The fourth-order valence-corrected chi connectivity index (χ4v) is 4.34. The first-order chi connectivity index (χ1) is 15.2. The van der Waals surface area contributed by atoms with Gasteiger partial charge in [0.1, 0.15) is 22.7 Å². The van der Waals surface area contributed by atoms with Crippen LogP contribution in [-0.4, -0.2) is 10.2 Å². The third-order valence-electron chi connectivity index (χ3n) is 6.71. The van der Waals surface area contributed by atoms with Crippen molar-refractivity contribution in [1.29, 1.82) is 0 Å². The van der Waals surface area contributed by atoms with Crippen molar-refractivity contribution < 1.29 is 19.0 Å². The molecule has 4 heteroatoms. The van der Waals surface area contributed by atoms with Gasteiger partial charge in [-0.05, 0) is 74.9 Å². The third kappa shape index (κ3) is 4.62. The summed E-state index contributed by atoms with van der Waals surface area (Å²) in [6.45, 7) is 11.9. The van der Waals surface area contributed by atoms with Crippen molar-refractivity contribution in [3.05, 3.63) is 71.2 Å². The fraction of sp³-hybridized carbons (Fsp3) is 0.429. The zero-order valence-electron chi connectivity index (χ0n) is 20.2. The van der Waals surface area contributed by atoms with Gasteiger partial charge in [-0.2, -0.15) is 0 Å². The van der Waals surface area contributed by atoms with Crippen LogP contribution in [0.5, 0.6) is 0 Å². The summed E-state index contributed by atoms with van der Waals surface area (Å²) in [6.07, 6.45) is 2.86. The third-order valence-corrected chi connectivity index (χ3v) is 6.71. The molecule has 0 aliphatic carbocycles. The van der Waals surface area contributed by atoms with E-state index in [0.29, 0.717) is 25.7 Å². The summed E-state index contributed by atoms with van der Waals surface area (Å²) >= 11 is 0. The van der Waals surface area contributed by atoms with E-state index in [1.54, 1.807) is 0 Å². The van der Waals surface area contributed by atoms with Crippen molar-refractivity contribution in [2.45, 2.75) is 78.4 Å². The molecule has 0 radical (unpaired) electrons. The Hall–Kier alpha value is -2.56. The highest BCUT2D eigenvalue weighted by atomic mass is 16.3. The summed E-state index contributed by atoms with van der Waals surface area (Å²) in [5.74, 6) is 1.79. The lowest BCUT2D eigenvalue weighted by molar-refractivity contribution is 0.0284. The lowest BCUT2D eigenvalue weighted by Gasteiger charge is -2.26. The minimum atomic E-state index is -0.740. The first-order valence-corrected chi connectivity index (χ1v) is 11.6. The van der Waals surface area contributed by atoms with Gasteiger partial charge in [0.15, 0.2) is 0 Å². The Morgan fingerprint density at radius 3 is 1.91 bits per heavy atom. The predicted molar refractivity (Wildman–Crippen MR) is 131 cm³/mol. The van der Waals surface area contributed by atoms with Crippen LogP contribution >= 0.6 is 0 Å². The molecule has 4 nitrogen and oxygen atoms in total. The minimum absolute atomic E-state index is 0.715. The zero-order chi connectivity index (χ0) is 23.5. The Morgan fingerprint density at radius 2 is 1.28 bits per heavy atom. The van der Waals surface area contributed by atoms with Gasteiger partial charge in [0.05, 0.1) is 11.2 Å².